The van der Waals surface area contributed by atoms with Crippen LogP contribution in [0.3, 0.4) is 0 Å². The maximum Gasteiger partial charge on any atom is 0.0461 e. The van der Waals surface area contributed by atoms with Gasteiger partial charge in [-0.25, -0.2) is 0 Å². The quantitative estimate of drug-likeness (QED) is 0.542. The Morgan fingerprint density at radius 1 is 1.58 bits per heavy atom. The summed E-state index contributed by atoms with van der Waals surface area (Å²) in [7, 11) is 0. The van der Waals surface area contributed by atoms with Gasteiger partial charge < -0.3 is 10.6 Å². The summed E-state index contributed by atoms with van der Waals surface area (Å²) < 4.78 is 7.77. The van der Waals surface area contributed by atoms with Crippen LogP contribution in [0.5, 0.6) is 0 Å². The molecule has 0 aromatic rings. The van der Waals surface area contributed by atoms with E-state index in [2.05, 4.69) is 34.9 Å². The minimum absolute atomic E-state index is 0.138. The molecular weight excluding hydrogens is 148 g/mol. The smallest absolute Gasteiger partial charge is 0.0461 e. The largest absolute Gasteiger partial charge is 0.380 e. The third-order valence-electron chi connectivity index (χ3n) is 2.68. The lowest BCUT2D eigenvalue weighted by Gasteiger charge is -2.25. The van der Waals surface area contributed by atoms with E-state index in [0.717, 1.165) is 6.54 Å². The number of allylic oxidation sites excluding steroid dienone is 3. The maximum absolute atomic E-state index is 7.77. The van der Waals surface area contributed by atoms with E-state index >= 15 is 0 Å². The molecule has 3 unspecified atom stereocenters. The summed E-state index contributed by atoms with van der Waals surface area (Å²) >= 11 is 0. The van der Waals surface area contributed by atoms with Crippen molar-refractivity contribution in [1.82, 2.24) is 10.6 Å². The average Bonchev–Trinajstić information content (AvgIpc) is 2.70. The highest BCUT2D eigenvalue weighted by Gasteiger charge is 2.30. The van der Waals surface area contributed by atoms with E-state index in [0.29, 0.717) is 12.0 Å². The number of hydrogen-bond donors (Lipinski definition) is 2. The Morgan fingerprint density at radius 2 is 2.58 bits per heavy atom. The fraction of sp³-hybridized carbons (Fsp3) is 0.400. The Morgan fingerprint density at radius 3 is 3.58 bits per heavy atom. The zero-order chi connectivity index (χ0) is 8.84. The molecule has 0 bridgehead atoms. The van der Waals surface area contributed by atoms with E-state index in [1.54, 1.807) is 0 Å². The normalized spacial score (nSPS) is 44.0. The van der Waals surface area contributed by atoms with Crippen LogP contribution in [0.4, 0.5) is 0 Å². The van der Waals surface area contributed by atoms with Crippen LogP contribution < -0.4 is 10.6 Å². The van der Waals surface area contributed by atoms with Crippen LogP contribution >= 0.6 is 0 Å². The zero-order valence-corrected chi connectivity index (χ0v) is 6.75. The first-order valence-electron chi connectivity index (χ1n) is 4.95. The molecule has 3 aliphatic rings. The SMILES string of the molecule is [2H]C1NCC2NC3=CC=CC3=CC12. The number of fused-ring (bicyclic) bond motifs is 2. The third kappa shape index (κ3) is 0.786. The van der Waals surface area contributed by atoms with E-state index in [4.69, 9.17) is 1.37 Å². The predicted molar refractivity (Wildman–Crippen MR) is 48.6 cm³/mol. The first kappa shape index (κ1) is 5.60. The minimum Gasteiger partial charge on any atom is -0.380 e. The van der Waals surface area contributed by atoms with Gasteiger partial charge in [-0.3, -0.25) is 0 Å². The lowest BCUT2D eigenvalue weighted by Crippen LogP contribution is -2.37. The lowest BCUT2D eigenvalue weighted by molar-refractivity contribution is 0.518. The molecule has 0 amide bonds. The van der Waals surface area contributed by atoms with Crippen LogP contribution in [-0.4, -0.2) is 19.1 Å². The molecule has 1 saturated heterocycles. The van der Waals surface area contributed by atoms with Gasteiger partial charge in [0.1, 0.15) is 0 Å². The van der Waals surface area contributed by atoms with Gasteiger partial charge in [0.15, 0.2) is 0 Å². The Kier molecular flexibility index (Phi) is 1.04. The second-order valence-electron chi connectivity index (χ2n) is 3.46. The minimum atomic E-state index is -0.138. The molecule has 0 aromatic carbocycles. The summed E-state index contributed by atoms with van der Waals surface area (Å²) in [5.74, 6) is 0.329. The molecular formula is C10H12N2. The molecule has 0 aromatic heterocycles. The van der Waals surface area contributed by atoms with Crippen LogP contribution in [0, 0.1) is 5.92 Å². The molecule has 0 saturated carbocycles. The second-order valence-corrected chi connectivity index (χ2v) is 3.46. The fourth-order valence-electron chi connectivity index (χ4n) is 2.01. The molecule has 2 aliphatic heterocycles. The number of rotatable bonds is 0. The summed E-state index contributed by atoms with van der Waals surface area (Å²) in [5.41, 5.74) is 2.47. The van der Waals surface area contributed by atoms with Crippen molar-refractivity contribution < 1.29 is 1.37 Å². The molecule has 2 N–H and O–H groups in total. The molecule has 2 nitrogen and oxygen atoms in total. The molecule has 62 valence electrons. The van der Waals surface area contributed by atoms with Gasteiger partial charge in [-0.15, -0.1) is 0 Å². The van der Waals surface area contributed by atoms with Gasteiger partial charge in [-0.2, -0.15) is 0 Å². The molecule has 0 spiro atoms. The van der Waals surface area contributed by atoms with Crippen molar-refractivity contribution in [3.05, 3.63) is 35.6 Å². The van der Waals surface area contributed by atoms with Crippen molar-refractivity contribution in [2.24, 2.45) is 5.92 Å². The monoisotopic (exact) mass is 161 g/mol. The number of hydrogen-bond acceptors (Lipinski definition) is 2. The number of nitrogens with one attached hydrogen (secondary N) is 2. The van der Waals surface area contributed by atoms with E-state index in [-0.39, 0.29) is 6.52 Å². The molecule has 2 heteroatoms. The van der Waals surface area contributed by atoms with Gasteiger partial charge >= 0.3 is 0 Å². The second kappa shape index (κ2) is 2.23. The van der Waals surface area contributed by atoms with Gasteiger partial charge in [0, 0.05) is 32.1 Å². The average molecular weight is 161 g/mol. The first-order chi connectivity index (χ1) is 6.34. The summed E-state index contributed by atoms with van der Waals surface area (Å²) in [5, 5.41) is 6.61. The van der Waals surface area contributed by atoms with Crippen LogP contribution in [0.2, 0.25) is 0 Å². The van der Waals surface area contributed by atoms with E-state index in [9.17, 15) is 0 Å². The molecule has 2 heterocycles. The van der Waals surface area contributed by atoms with Crippen LogP contribution in [0.15, 0.2) is 35.6 Å². The molecule has 3 rings (SSSR count). The summed E-state index contributed by atoms with van der Waals surface area (Å²) in [6.45, 7) is 0.764. The predicted octanol–water partition coefficient (Wildman–Crippen LogP) is 0.558. The van der Waals surface area contributed by atoms with Crippen molar-refractivity contribution in [2.45, 2.75) is 6.04 Å². The maximum atomic E-state index is 7.77. The lowest BCUT2D eigenvalue weighted by atomic mass is 9.95. The molecule has 3 atom stereocenters. The van der Waals surface area contributed by atoms with Gasteiger partial charge in [0.05, 0.1) is 0 Å². The third-order valence-corrected chi connectivity index (χ3v) is 2.68. The molecule has 1 aliphatic carbocycles. The van der Waals surface area contributed by atoms with Gasteiger partial charge in [0.2, 0.25) is 0 Å². The van der Waals surface area contributed by atoms with Crippen molar-refractivity contribution in [3.8, 4) is 0 Å². The van der Waals surface area contributed by atoms with Crippen molar-refractivity contribution >= 4 is 0 Å². The standard InChI is InChI=1S/C10H12N2/c1-2-7-4-8-5-11-6-10(8)12-9(7)3-1/h1-4,8,10-12H,5-6H2/i5D. The van der Waals surface area contributed by atoms with Crippen molar-refractivity contribution in [1.29, 1.82) is 0 Å². The highest BCUT2D eigenvalue weighted by atomic mass is 15.1. The van der Waals surface area contributed by atoms with Gasteiger partial charge in [-0.1, -0.05) is 18.2 Å². The van der Waals surface area contributed by atoms with Gasteiger partial charge in [0.25, 0.3) is 0 Å². The summed E-state index contributed by atoms with van der Waals surface area (Å²) in [6.07, 6.45) is 8.47. The molecule has 1 fully saturated rings. The Balaban J connectivity index is 1.99. The van der Waals surface area contributed by atoms with Crippen molar-refractivity contribution in [3.63, 3.8) is 0 Å². The molecule has 0 radical (unpaired) electrons. The Bertz CT molecular complexity index is 330. The highest BCUT2D eigenvalue weighted by molar-refractivity contribution is 5.50. The van der Waals surface area contributed by atoms with Crippen LogP contribution in [0.25, 0.3) is 0 Å². The molecule has 12 heavy (non-hydrogen) atoms. The zero-order valence-electron chi connectivity index (χ0n) is 7.75. The highest BCUT2D eigenvalue weighted by Crippen LogP contribution is 2.27. The van der Waals surface area contributed by atoms with Crippen LogP contribution in [0.1, 0.15) is 1.37 Å². The van der Waals surface area contributed by atoms with E-state index in [1.165, 1.54) is 11.3 Å². The van der Waals surface area contributed by atoms with E-state index < -0.39 is 0 Å². The summed E-state index contributed by atoms with van der Waals surface area (Å²) in [4.78, 5) is 0. The Hall–Kier alpha value is -1.02. The van der Waals surface area contributed by atoms with Crippen LogP contribution in [-0.2, 0) is 0 Å². The van der Waals surface area contributed by atoms with E-state index in [1.807, 2.05) is 0 Å². The summed E-state index contributed by atoms with van der Waals surface area (Å²) in [6, 6.07) is 0.414. The van der Waals surface area contributed by atoms with Crippen molar-refractivity contribution in [2.75, 3.05) is 13.1 Å². The van der Waals surface area contributed by atoms with Gasteiger partial charge in [-0.05, 0) is 11.6 Å². The Labute approximate surface area is 73.4 Å². The first-order valence-corrected chi connectivity index (χ1v) is 4.37. The topological polar surface area (TPSA) is 24.1 Å². The fourth-order valence-corrected chi connectivity index (χ4v) is 2.01.